The van der Waals surface area contributed by atoms with Crippen LogP contribution in [0.15, 0.2) is 47.1 Å². The van der Waals surface area contributed by atoms with Gasteiger partial charge in [0.05, 0.1) is 0 Å². The van der Waals surface area contributed by atoms with Crippen LogP contribution in [0.4, 0.5) is 5.69 Å². The van der Waals surface area contributed by atoms with E-state index in [-0.39, 0.29) is 12.1 Å². The Bertz CT molecular complexity index is 838. The fraction of sp³-hybridized carbons (Fsp3) is 0.333. The van der Waals surface area contributed by atoms with Crippen molar-refractivity contribution in [3.05, 3.63) is 47.7 Å². The second-order valence-corrected chi connectivity index (χ2v) is 6.69. The van der Waals surface area contributed by atoms with Gasteiger partial charge < -0.3 is 9.64 Å². The zero-order valence-electron chi connectivity index (χ0n) is 16.4. The molecule has 0 heterocycles. The monoisotopic (exact) mass is 353 g/mol. The van der Waals surface area contributed by atoms with Crippen LogP contribution in [-0.2, 0) is 9.53 Å². The number of amidine groups is 1. The predicted octanol–water partition coefficient (Wildman–Crippen LogP) is 4.14. The van der Waals surface area contributed by atoms with E-state index in [1.54, 1.807) is 7.05 Å². The highest BCUT2D eigenvalue weighted by Crippen LogP contribution is 2.29. The van der Waals surface area contributed by atoms with Gasteiger partial charge in [0.1, 0.15) is 5.76 Å². The van der Waals surface area contributed by atoms with Gasteiger partial charge in [-0.2, -0.15) is 0 Å². The molecule has 0 aliphatic heterocycles. The number of hydrogen-bond acceptors (Lipinski definition) is 4. The lowest BCUT2D eigenvalue weighted by molar-refractivity contribution is -0.114. The summed E-state index contributed by atoms with van der Waals surface area (Å²) in [4.78, 5) is 18.9. The second-order valence-electron chi connectivity index (χ2n) is 6.69. The van der Waals surface area contributed by atoms with Crippen molar-refractivity contribution in [2.75, 3.05) is 26.0 Å². The molecule has 0 bridgehead atoms. The van der Waals surface area contributed by atoms with E-state index in [1.165, 1.54) is 16.0 Å². The van der Waals surface area contributed by atoms with E-state index in [9.17, 15) is 4.79 Å². The van der Waals surface area contributed by atoms with Gasteiger partial charge in [-0.1, -0.05) is 30.3 Å². The van der Waals surface area contributed by atoms with Crippen LogP contribution in [0, 0.1) is 0 Å². The molecular formula is C21H27N3O2. The molecule has 0 N–H and O–H groups in total. The zero-order chi connectivity index (χ0) is 19.3. The maximum Gasteiger partial charge on any atom is 0.299 e. The van der Waals surface area contributed by atoms with Crippen LogP contribution in [0.25, 0.3) is 16.8 Å². The molecule has 0 radical (unpaired) electrons. The molecule has 0 aliphatic carbocycles. The summed E-state index contributed by atoms with van der Waals surface area (Å²) in [5.41, 5.74) is 2.22. The van der Waals surface area contributed by atoms with Crippen LogP contribution < -0.4 is 4.90 Å². The fourth-order valence-corrected chi connectivity index (χ4v) is 2.67. The minimum Gasteiger partial charge on any atom is -0.431 e. The third-order valence-electron chi connectivity index (χ3n) is 3.86. The SMILES string of the molecule is C/C(=C\c1ccc(N(C)C)c2ccccc12)OC(=NC(C)C)N(C)C=O. The van der Waals surface area contributed by atoms with Gasteiger partial charge in [-0.15, -0.1) is 0 Å². The Hall–Kier alpha value is -2.82. The molecule has 0 aliphatic rings. The largest absolute Gasteiger partial charge is 0.431 e. The Balaban J connectivity index is 2.43. The maximum absolute atomic E-state index is 11.1. The summed E-state index contributed by atoms with van der Waals surface area (Å²) in [7, 11) is 5.70. The number of ether oxygens (including phenoxy) is 1. The first-order chi connectivity index (χ1) is 12.3. The molecule has 0 saturated carbocycles. The highest BCUT2D eigenvalue weighted by Gasteiger charge is 2.11. The van der Waals surface area contributed by atoms with E-state index in [4.69, 9.17) is 4.74 Å². The minimum absolute atomic E-state index is 0.0282. The average molecular weight is 353 g/mol. The van der Waals surface area contributed by atoms with E-state index >= 15 is 0 Å². The molecule has 2 aromatic rings. The standard InChI is InChI=1S/C21H27N3O2/c1-15(2)22-21(24(6)14-25)26-16(3)13-17-11-12-20(23(4)5)19-10-8-7-9-18(17)19/h7-15H,1-6H3/b16-13+,22-21?. The van der Waals surface area contributed by atoms with Gasteiger partial charge in [-0.25, -0.2) is 4.99 Å². The second kappa shape index (κ2) is 8.52. The topological polar surface area (TPSA) is 45.1 Å². The van der Waals surface area contributed by atoms with E-state index in [0.29, 0.717) is 12.2 Å². The molecule has 0 spiro atoms. The van der Waals surface area contributed by atoms with Crippen molar-refractivity contribution in [2.24, 2.45) is 4.99 Å². The lowest BCUT2D eigenvalue weighted by Crippen LogP contribution is -2.28. The molecule has 2 rings (SSSR count). The van der Waals surface area contributed by atoms with Crippen molar-refractivity contribution in [2.45, 2.75) is 26.8 Å². The van der Waals surface area contributed by atoms with Crippen molar-refractivity contribution < 1.29 is 9.53 Å². The number of aliphatic imine (C=N–C) groups is 1. The molecule has 0 aromatic heterocycles. The van der Waals surface area contributed by atoms with Gasteiger partial charge in [0.15, 0.2) is 0 Å². The van der Waals surface area contributed by atoms with Crippen LogP contribution in [0.1, 0.15) is 26.3 Å². The van der Waals surface area contributed by atoms with Crippen molar-refractivity contribution >= 4 is 35.0 Å². The van der Waals surface area contributed by atoms with Gasteiger partial charge in [-0.05, 0) is 43.9 Å². The normalized spacial score (nSPS) is 12.4. The Morgan fingerprint density at radius 1 is 1.08 bits per heavy atom. The molecule has 0 saturated heterocycles. The molecule has 5 nitrogen and oxygen atoms in total. The van der Waals surface area contributed by atoms with E-state index < -0.39 is 0 Å². The summed E-state index contributed by atoms with van der Waals surface area (Å²) < 4.78 is 5.84. The number of carbonyl (C=O) groups excluding carboxylic acids is 1. The van der Waals surface area contributed by atoms with Crippen molar-refractivity contribution in [3.63, 3.8) is 0 Å². The Kier molecular flexibility index (Phi) is 6.39. The zero-order valence-corrected chi connectivity index (χ0v) is 16.4. The summed E-state index contributed by atoms with van der Waals surface area (Å²) >= 11 is 0. The molecule has 0 unspecified atom stereocenters. The van der Waals surface area contributed by atoms with Crippen LogP contribution in [0.3, 0.4) is 0 Å². The number of fused-ring (bicyclic) bond motifs is 1. The molecule has 26 heavy (non-hydrogen) atoms. The quantitative estimate of drug-likeness (QED) is 0.351. The lowest BCUT2D eigenvalue weighted by Gasteiger charge is -2.18. The molecule has 1 amide bonds. The van der Waals surface area contributed by atoms with Crippen LogP contribution >= 0.6 is 0 Å². The Morgan fingerprint density at radius 2 is 1.73 bits per heavy atom. The summed E-state index contributed by atoms with van der Waals surface area (Å²) in [5.74, 6) is 0.667. The fourth-order valence-electron chi connectivity index (χ4n) is 2.67. The van der Waals surface area contributed by atoms with Gasteiger partial charge in [0, 0.05) is 38.3 Å². The lowest BCUT2D eigenvalue weighted by atomic mass is 10.0. The maximum atomic E-state index is 11.1. The van der Waals surface area contributed by atoms with Gasteiger partial charge in [-0.3, -0.25) is 9.69 Å². The van der Waals surface area contributed by atoms with Gasteiger partial charge in [0.2, 0.25) is 6.41 Å². The first-order valence-corrected chi connectivity index (χ1v) is 8.64. The third kappa shape index (κ3) is 4.63. The van der Waals surface area contributed by atoms with Crippen molar-refractivity contribution in [1.82, 2.24) is 4.90 Å². The smallest absolute Gasteiger partial charge is 0.299 e. The number of nitrogens with zero attached hydrogens (tertiary/aromatic N) is 3. The van der Waals surface area contributed by atoms with Crippen molar-refractivity contribution in [1.29, 1.82) is 0 Å². The van der Waals surface area contributed by atoms with E-state index in [1.807, 2.05) is 53.1 Å². The average Bonchev–Trinajstić information content (AvgIpc) is 2.60. The summed E-state index contributed by atoms with van der Waals surface area (Å²) in [6.45, 7) is 5.74. The van der Waals surface area contributed by atoms with Crippen LogP contribution in [-0.4, -0.2) is 44.5 Å². The first kappa shape index (κ1) is 19.5. The molecular weight excluding hydrogens is 326 g/mol. The van der Waals surface area contributed by atoms with Crippen LogP contribution in [0.2, 0.25) is 0 Å². The first-order valence-electron chi connectivity index (χ1n) is 8.64. The summed E-state index contributed by atoms with van der Waals surface area (Å²) in [5, 5.41) is 2.33. The minimum atomic E-state index is 0.0282. The number of rotatable bonds is 5. The highest BCUT2D eigenvalue weighted by atomic mass is 16.5. The Labute approximate surface area is 155 Å². The molecule has 2 aromatic carbocycles. The van der Waals surface area contributed by atoms with Crippen LogP contribution in [0.5, 0.6) is 0 Å². The van der Waals surface area contributed by atoms with E-state index in [0.717, 1.165) is 10.9 Å². The number of amides is 1. The van der Waals surface area contributed by atoms with Gasteiger partial charge >= 0.3 is 0 Å². The molecule has 0 atom stereocenters. The predicted molar refractivity (Wildman–Crippen MR) is 109 cm³/mol. The molecule has 5 heteroatoms. The van der Waals surface area contributed by atoms with Gasteiger partial charge in [0.25, 0.3) is 6.02 Å². The summed E-state index contributed by atoms with van der Waals surface area (Å²) in [6.07, 6.45) is 2.66. The molecule has 138 valence electrons. The van der Waals surface area contributed by atoms with E-state index in [2.05, 4.69) is 34.2 Å². The Morgan fingerprint density at radius 3 is 2.31 bits per heavy atom. The number of benzene rings is 2. The number of carbonyl (C=O) groups is 1. The number of allylic oxidation sites excluding steroid dienone is 1. The highest BCUT2D eigenvalue weighted by molar-refractivity contribution is 5.99. The third-order valence-corrected chi connectivity index (χ3v) is 3.86. The van der Waals surface area contributed by atoms with Crippen molar-refractivity contribution in [3.8, 4) is 0 Å². The number of anilines is 1. The molecule has 0 fully saturated rings. The number of hydrogen-bond donors (Lipinski definition) is 0. The summed E-state index contributed by atoms with van der Waals surface area (Å²) in [6, 6.07) is 12.8.